The third kappa shape index (κ3) is 7.42. The van der Waals surface area contributed by atoms with Gasteiger partial charge in [-0.3, -0.25) is 0 Å². The van der Waals surface area contributed by atoms with Crippen molar-refractivity contribution in [2.24, 2.45) is 0 Å². The first kappa shape index (κ1) is 30.9. The van der Waals surface area contributed by atoms with E-state index in [1.165, 1.54) is 37.2 Å². The van der Waals surface area contributed by atoms with Gasteiger partial charge < -0.3 is 20.0 Å². The van der Waals surface area contributed by atoms with Crippen LogP contribution in [0, 0.1) is 5.95 Å². The SMILES string of the molecule is C[N+]1(C2CCNCC2)CCC(N(Cc2ccc(Nc3ccnc(F)c3)cc2)c2nccc(-c3ccc(C(F)(F)F)cc3)n2)CC1. The number of nitrogens with one attached hydrogen (secondary N) is 2. The molecule has 0 bridgehead atoms. The molecule has 2 aliphatic heterocycles. The lowest BCUT2D eigenvalue weighted by Crippen LogP contribution is -2.61. The molecule has 0 amide bonds. The van der Waals surface area contributed by atoms with Crippen LogP contribution in [-0.2, 0) is 12.7 Å². The van der Waals surface area contributed by atoms with E-state index < -0.39 is 17.7 Å². The van der Waals surface area contributed by atoms with Gasteiger partial charge in [-0.15, -0.1) is 0 Å². The summed E-state index contributed by atoms with van der Waals surface area (Å²) in [6, 6.07) is 18.7. The van der Waals surface area contributed by atoms with E-state index in [4.69, 9.17) is 4.98 Å². The highest BCUT2D eigenvalue weighted by molar-refractivity contribution is 5.61. The zero-order valence-corrected chi connectivity index (χ0v) is 25.3. The van der Waals surface area contributed by atoms with Gasteiger partial charge in [0.15, 0.2) is 0 Å². The fraction of sp³-hybridized carbons (Fsp3) is 0.382. The summed E-state index contributed by atoms with van der Waals surface area (Å²) < 4.78 is 54.1. The number of likely N-dealkylation sites (tertiary alicyclic amines) is 1. The van der Waals surface area contributed by atoms with E-state index >= 15 is 0 Å². The van der Waals surface area contributed by atoms with Gasteiger partial charge in [0, 0.05) is 86.8 Å². The predicted molar refractivity (Wildman–Crippen MR) is 167 cm³/mol. The van der Waals surface area contributed by atoms with Crippen LogP contribution in [-0.4, -0.2) is 64.7 Å². The first-order valence-corrected chi connectivity index (χ1v) is 15.5. The summed E-state index contributed by atoms with van der Waals surface area (Å²) in [5.74, 6) is 0.0120. The van der Waals surface area contributed by atoms with Crippen molar-refractivity contribution in [1.29, 1.82) is 0 Å². The number of piperidine rings is 2. The Labute approximate surface area is 260 Å². The number of pyridine rings is 1. The van der Waals surface area contributed by atoms with Crippen LogP contribution >= 0.6 is 0 Å². The predicted octanol–water partition coefficient (Wildman–Crippen LogP) is 6.81. The molecule has 0 atom stereocenters. The molecule has 11 heteroatoms. The van der Waals surface area contributed by atoms with Crippen LogP contribution in [0.4, 0.5) is 34.9 Å². The molecule has 0 unspecified atom stereocenters. The van der Waals surface area contributed by atoms with Crippen molar-refractivity contribution in [3.8, 4) is 11.3 Å². The normalized spacial score (nSPS) is 21.0. The maximum absolute atomic E-state index is 13.6. The molecular formula is C34H38F4N7+. The number of quaternary nitrogens is 1. The number of aromatic nitrogens is 3. The smallest absolute Gasteiger partial charge is 0.355 e. The standard InChI is InChI=1S/C34H38F4N7/c1-45(30-11-16-39-17-12-30)20-14-29(15-21-45)44(23-24-2-8-27(9-3-24)42-28-10-18-40-32(35)22-28)33-41-19-13-31(43-33)25-4-6-26(7-5-25)34(36,37)38/h2-10,13,18-19,22,29-30,39H,11-12,14-17,20-21,23H2,1H3,(H,40,42)/q+1. The Bertz CT molecular complexity index is 1560. The minimum atomic E-state index is -4.39. The number of alkyl halides is 3. The quantitative estimate of drug-likeness (QED) is 0.128. The summed E-state index contributed by atoms with van der Waals surface area (Å²) in [7, 11) is 2.39. The summed E-state index contributed by atoms with van der Waals surface area (Å²) in [6.07, 6.45) is 3.06. The van der Waals surface area contributed by atoms with Crippen LogP contribution in [0.15, 0.2) is 79.1 Å². The molecule has 2 aromatic heterocycles. The molecule has 2 fully saturated rings. The zero-order chi connectivity index (χ0) is 31.4. The molecule has 2 N–H and O–H groups in total. The van der Waals surface area contributed by atoms with Crippen molar-refractivity contribution in [1.82, 2.24) is 20.3 Å². The van der Waals surface area contributed by atoms with Gasteiger partial charge in [-0.05, 0) is 42.0 Å². The van der Waals surface area contributed by atoms with Gasteiger partial charge in [0.05, 0.1) is 37.4 Å². The van der Waals surface area contributed by atoms with Crippen LogP contribution < -0.4 is 15.5 Å². The number of hydrogen-bond acceptors (Lipinski definition) is 6. The summed E-state index contributed by atoms with van der Waals surface area (Å²) in [4.78, 5) is 15.4. The van der Waals surface area contributed by atoms with Gasteiger partial charge >= 0.3 is 6.18 Å². The Morgan fingerprint density at radius 2 is 1.56 bits per heavy atom. The van der Waals surface area contributed by atoms with Crippen LogP contribution in [0.3, 0.4) is 0 Å². The lowest BCUT2D eigenvalue weighted by Gasteiger charge is -2.49. The zero-order valence-electron chi connectivity index (χ0n) is 25.3. The first-order chi connectivity index (χ1) is 21.7. The highest BCUT2D eigenvalue weighted by atomic mass is 19.4. The number of rotatable bonds is 8. The third-order valence-electron chi connectivity index (χ3n) is 9.31. The molecule has 7 nitrogen and oxygen atoms in total. The van der Waals surface area contributed by atoms with Gasteiger partial charge in [0.25, 0.3) is 0 Å². The molecule has 4 aromatic rings. The molecule has 4 heterocycles. The van der Waals surface area contributed by atoms with E-state index in [1.807, 2.05) is 24.3 Å². The third-order valence-corrected chi connectivity index (χ3v) is 9.31. The Balaban J connectivity index is 1.24. The second-order valence-corrected chi connectivity index (χ2v) is 12.3. The number of nitrogens with zero attached hydrogens (tertiary/aromatic N) is 5. The number of benzene rings is 2. The lowest BCUT2D eigenvalue weighted by atomic mass is 9.94. The van der Waals surface area contributed by atoms with Gasteiger partial charge in [-0.1, -0.05) is 24.3 Å². The van der Waals surface area contributed by atoms with E-state index in [0.717, 1.165) is 66.9 Å². The maximum atomic E-state index is 13.6. The lowest BCUT2D eigenvalue weighted by molar-refractivity contribution is -0.938. The summed E-state index contributed by atoms with van der Waals surface area (Å²) in [5.41, 5.74) is 2.99. The van der Waals surface area contributed by atoms with E-state index in [9.17, 15) is 17.6 Å². The summed E-state index contributed by atoms with van der Waals surface area (Å²) in [5, 5.41) is 6.69. The topological polar surface area (TPSA) is 66.0 Å². The molecule has 0 saturated carbocycles. The fourth-order valence-electron chi connectivity index (χ4n) is 6.63. The summed E-state index contributed by atoms with van der Waals surface area (Å²) >= 11 is 0. The highest BCUT2D eigenvalue weighted by Gasteiger charge is 2.39. The Hall–Kier alpha value is -4.09. The molecule has 6 rings (SSSR count). The number of anilines is 3. The van der Waals surface area contributed by atoms with Crippen LogP contribution in [0.2, 0.25) is 0 Å². The molecule has 236 valence electrons. The average molecular weight is 621 g/mol. The minimum absolute atomic E-state index is 0.207. The van der Waals surface area contributed by atoms with Crippen LogP contribution in [0.25, 0.3) is 11.3 Å². The number of hydrogen-bond donors (Lipinski definition) is 2. The number of halogens is 4. The Kier molecular flexibility index (Phi) is 9.00. The van der Waals surface area contributed by atoms with Crippen molar-refractivity contribution >= 4 is 17.3 Å². The van der Waals surface area contributed by atoms with Crippen molar-refractivity contribution < 1.29 is 22.0 Å². The molecule has 0 aliphatic carbocycles. The van der Waals surface area contributed by atoms with Gasteiger partial charge in [-0.25, -0.2) is 15.0 Å². The Morgan fingerprint density at radius 1 is 0.867 bits per heavy atom. The molecule has 45 heavy (non-hydrogen) atoms. The largest absolute Gasteiger partial charge is 0.416 e. The van der Waals surface area contributed by atoms with Crippen molar-refractivity contribution in [3.63, 3.8) is 0 Å². The van der Waals surface area contributed by atoms with E-state index in [-0.39, 0.29) is 6.04 Å². The molecule has 0 spiro atoms. The molecule has 2 aromatic carbocycles. The average Bonchev–Trinajstić information content (AvgIpc) is 3.05. The molecule has 2 saturated heterocycles. The highest BCUT2D eigenvalue weighted by Crippen LogP contribution is 2.33. The van der Waals surface area contributed by atoms with Crippen molar-refractivity contribution in [2.75, 3.05) is 43.4 Å². The first-order valence-electron chi connectivity index (χ1n) is 15.5. The Morgan fingerprint density at radius 3 is 2.22 bits per heavy atom. The van der Waals surface area contributed by atoms with E-state index in [2.05, 4.69) is 32.5 Å². The fourth-order valence-corrected chi connectivity index (χ4v) is 6.63. The van der Waals surface area contributed by atoms with Gasteiger partial charge in [0.2, 0.25) is 11.9 Å². The van der Waals surface area contributed by atoms with E-state index in [1.54, 1.807) is 18.3 Å². The summed E-state index contributed by atoms with van der Waals surface area (Å²) in [6.45, 7) is 4.84. The van der Waals surface area contributed by atoms with Crippen LogP contribution in [0.5, 0.6) is 0 Å². The van der Waals surface area contributed by atoms with Gasteiger partial charge in [0.1, 0.15) is 0 Å². The van der Waals surface area contributed by atoms with Crippen LogP contribution in [0.1, 0.15) is 36.8 Å². The van der Waals surface area contributed by atoms with Gasteiger partial charge in [-0.2, -0.15) is 17.6 Å². The minimum Gasteiger partial charge on any atom is -0.355 e. The molecule has 0 radical (unpaired) electrons. The monoisotopic (exact) mass is 620 g/mol. The second-order valence-electron chi connectivity index (χ2n) is 12.3. The molecular weight excluding hydrogens is 582 g/mol. The second kappa shape index (κ2) is 13.1. The van der Waals surface area contributed by atoms with Crippen molar-refractivity contribution in [3.05, 3.63) is 96.2 Å². The van der Waals surface area contributed by atoms with E-state index in [0.29, 0.717) is 35.5 Å². The molecule has 2 aliphatic rings. The maximum Gasteiger partial charge on any atom is 0.416 e. The van der Waals surface area contributed by atoms with Crippen molar-refractivity contribution in [2.45, 2.75) is 50.5 Å².